The number of hydrogen-bond donors (Lipinski definition) is 0. The number of fused-ring (bicyclic) bond motifs is 2. The number of morpholine rings is 1. The number of benzene rings is 2. The van der Waals surface area contributed by atoms with Crippen molar-refractivity contribution >= 4 is 16.9 Å². The van der Waals surface area contributed by atoms with E-state index in [1.54, 1.807) is 4.90 Å². The summed E-state index contributed by atoms with van der Waals surface area (Å²) in [5.74, 6) is -0.773. The fraction of sp³-hybridized carbons (Fsp3) is 0.304. The van der Waals surface area contributed by atoms with E-state index in [1.807, 2.05) is 30.3 Å². The number of hydrogen-bond acceptors (Lipinski definition) is 5. The summed E-state index contributed by atoms with van der Waals surface area (Å²) in [4.78, 5) is 30.5. The van der Waals surface area contributed by atoms with Gasteiger partial charge in [-0.15, -0.1) is 0 Å². The molecule has 7 heteroatoms. The zero-order valence-electron chi connectivity index (χ0n) is 16.3. The third-order valence-corrected chi connectivity index (χ3v) is 5.80. The van der Waals surface area contributed by atoms with Gasteiger partial charge >= 0.3 is 0 Å². The molecule has 2 aliphatic rings. The standard InChI is InChI=1S/C23H21FN2O4/c24-16-6-7-18-17(14-16)21(27)19-20(15-4-2-1-3-5-15)26(23(28)22(19)30-18)9-8-25-10-12-29-13-11-25/h1-7,14,20H,8-13H2. The van der Waals surface area contributed by atoms with E-state index in [-0.39, 0.29) is 33.6 Å². The Hall–Kier alpha value is -3.03. The number of nitrogens with zero attached hydrogens (tertiary/aromatic N) is 2. The SMILES string of the molecule is O=C1c2oc3ccc(F)cc3c(=O)c2C(c2ccccc2)N1CCN1CCOCC1. The minimum Gasteiger partial charge on any atom is -0.450 e. The highest BCUT2D eigenvalue weighted by molar-refractivity contribution is 5.99. The molecule has 2 aliphatic heterocycles. The highest BCUT2D eigenvalue weighted by atomic mass is 19.1. The van der Waals surface area contributed by atoms with Crippen LogP contribution in [-0.2, 0) is 4.74 Å². The summed E-state index contributed by atoms with van der Waals surface area (Å²) in [5.41, 5.74) is 0.970. The Morgan fingerprint density at radius 2 is 1.77 bits per heavy atom. The van der Waals surface area contributed by atoms with E-state index >= 15 is 0 Å². The van der Waals surface area contributed by atoms with Crippen LogP contribution in [0.15, 0.2) is 57.7 Å². The van der Waals surface area contributed by atoms with Crippen molar-refractivity contribution in [2.45, 2.75) is 6.04 Å². The predicted octanol–water partition coefficient (Wildman–Crippen LogP) is 2.81. The Bertz CT molecular complexity index is 1160. The van der Waals surface area contributed by atoms with Crippen LogP contribution in [0.2, 0.25) is 0 Å². The molecule has 1 amide bonds. The molecule has 0 radical (unpaired) electrons. The molecule has 0 bridgehead atoms. The lowest BCUT2D eigenvalue weighted by Gasteiger charge is -2.31. The maximum Gasteiger partial charge on any atom is 0.290 e. The van der Waals surface area contributed by atoms with Gasteiger partial charge in [0, 0.05) is 26.2 Å². The van der Waals surface area contributed by atoms with Crippen LogP contribution in [0, 0.1) is 5.82 Å². The van der Waals surface area contributed by atoms with Crippen LogP contribution in [-0.4, -0.2) is 55.1 Å². The molecule has 3 heterocycles. The van der Waals surface area contributed by atoms with E-state index in [0.29, 0.717) is 26.3 Å². The fourth-order valence-electron chi connectivity index (χ4n) is 4.28. The topological polar surface area (TPSA) is 63.0 Å². The van der Waals surface area contributed by atoms with Gasteiger partial charge in [0.05, 0.1) is 30.2 Å². The van der Waals surface area contributed by atoms with E-state index in [0.717, 1.165) is 18.7 Å². The van der Waals surface area contributed by atoms with Gasteiger partial charge in [-0.3, -0.25) is 14.5 Å². The second-order valence-corrected chi connectivity index (χ2v) is 7.58. The molecular weight excluding hydrogens is 387 g/mol. The normalized spacial score (nSPS) is 19.4. The number of halogens is 1. The maximum absolute atomic E-state index is 13.8. The molecule has 2 aromatic carbocycles. The van der Waals surface area contributed by atoms with Crippen molar-refractivity contribution in [1.82, 2.24) is 9.80 Å². The molecule has 1 unspecified atom stereocenters. The smallest absolute Gasteiger partial charge is 0.290 e. The Morgan fingerprint density at radius 3 is 2.53 bits per heavy atom. The number of carbonyl (C=O) groups excluding carboxylic acids is 1. The van der Waals surface area contributed by atoms with Crippen LogP contribution >= 0.6 is 0 Å². The first-order valence-corrected chi connectivity index (χ1v) is 10.1. The summed E-state index contributed by atoms with van der Waals surface area (Å²) in [6.07, 6.45) is 0. The van der Waals surface area contributed by atoms with Crippen molar-refractivity contribution in [3.8, 4) is 0 Å². The molecule has 1 saturated heterocycles. The molecule has 1 fully saturated rings. The second-order valence-electron chi connectivity index (χ2n) is 7.58. The van der Waals surface area contributed by atoms with Gasteiger partial charge in [-0.25, -0.2) is 4.39 Å². The van der Waals surface area contributed by atoms with Gasteiger partial charge in [-0.05, 0) is 23.8 Å². The summed E-state index contributed by atoms with van der Waals surface area (Å²) < 4.78 is 25.0. The van der Waals surface area contributed by atoms with E-state index in [4.69, 9.17) is 9.15 Å². The first-order valence-electron chi connectivity index (χ1n) is 10.1. The summed E-state index contributed by atoms with van der Waals surface area (Å²) >= 11 is 0. The summed E-state index contributed by atoms with van der Waals surface area (Å²) in [5, 5.41) is 0.150. The lowest BCUT2D eigenvalue weighted by Crippen LogP contribution is -2.42. The molecule has 3 aromatic rings. The quantitative estimate of drug-likeness (QED) is 0.664. The highest BCUT2D eigenvalue weighted by Crippen LogP contribution is 2.37. The average molecular weight is 408 g/mol. The number of ether oxygens (including phenoxy) is 1. The summed E-state index contributed by atoms with van der Waals surface area (Å²) in [6.45, 7) is 4.10. The van der Waals surface area contributed by atoms with E-state index < -0.39 is 11.9 Å². The molecule has 1 aromatic heterocycles. The van der Waals surface area contributed by atoms with Gasteiger partial charge in [0.1, 0.15) is 11.4 Å². The first-order chi connectivity index (χ1) is 14.6. The van der Waals surface area contributed by atoms with Crippen LogP contribution in [0.1, 0.15) is 27.7 Å². The zero-order valence-corrected chi connectivity index (χ0v) is 16.3. The molecule has 6 nitrogen and oxygen atoms in total. The number of rotatable bonds is 4. The van der Waals surface area contributed by atoms with E-state index in [1.165, 1.54) is 18.2 Å². The average Bonchev–Trinajstić information content (AvgIpc) is 3.06. The van der Waals surface area contributed by atoms with Gasteiger partial charge in [0.25, 0.3) is 5.91 Å². The minimum absolute atomic E-state index is 0.0509. The molecular formula is C23H21FN2O4. The van der Waals surface area contributed by atoms with Gasteiger partial charge in [0.2, 0.25) is 5.76 Å². The number of carbonyl (C=O) groups is 1. The summed E-state index contributed by atoms with van der Waals surface area (Å²) in [6, 6.07) is 12.7. The maximum atomic E-state index is 13.8. The van der Waals surface area contributed by atoms with Crippen molar-refractivity contribution in [1.29, 1.82) is 0 Å². The van der Waals surface area contributed by atoms with E-state index in [2.05, 4.69) is 4.90 Å². The summed E-state index contributed by atoms with van der Waals surface area (Å²) in [7, 11) is 0. The zero-order chi connectivity index (χ0) is 20.7. The molecule has 1 atom stereocenters. The van der Waals surface area contributed by atoms with Crippen LogP contribution < -0.4 is 5.43 Å². The Morgan fingerprint density at radius 1 is 1.00 bits per heavy atom. The van der Waals surface area contributed by atoms with Crippen molar-refractivity contribution < 1.29 is 18.3 Å². The largest absolute Gasteiger partial charge is 0.450 e. The fourth-order valence-corrected chi connectivity index (χ4v) is 4.28. The lowest BCUT2D eigenvalue weighted by atomic mass is 9.98. The monoisotopic (exact) mass is 408 g/mol. The van der Waals surface area contributed by atoms with Crippen LogP contribution in [0.25, 0.3) is 11.0 Å². The molecule has 0 saturated carbocycles. The number of amides is 1. The third-order valence-electron chi connectivity index (χ3n) is 5.80. The lowest BCUT2D eigenvalue weighted by molar-refractivity contribution is 0.0314. The van der Waals surface area contributed by atoms with Crippen molar-refractivity contribution in [2.24, 2.45) is 0 Å². The van der Waals surface area contributed by atoms with Gasteiger partial charge in [-0.1, -0.05) is 30.3 Å². The predicted molar refractivity (Wildman–Crippen MR) is 109 cm³/mol. The molecule has 154 valence electrons. The molecule has 0 aliphatic carbocycles. The van der Waals surface area contributed by atoms with E-state index in [9.17, 15) is 14.0 Å². The van der Waals surface area contributed by atoms with Crippen molar-refractivity contribution in [3.05, 3.63) is 81.5 Å². The Kier molecular flexibility index (Phi) is 4.84. The van der Waals surface area contributed by atoms with Gasteiger partial charge in [-0.2, -0.15) is 0 Å². The van der Waals surface area contributed by atoms with Gasteiger partial charge in [0.15, 0.2) is 5.43 Å². The van der Waals surface area contributed by atoms with Crippen molar-refractivity contribution in [2.75, 3.05) is 39.4 Å². The Balaban J connectivity index is 1.60. The first kappa shape index (κ1) is 19.0. The van der Waals surface area contributed by atoms with Gasteiger partial charge < -0.3 is 14.1 Å². The molecule has 0 N–H and O–H groups in total. The third kappa shape index (κ3) is 3.20. The molecule has 5 rings (SSSR count). The van der Waals surface area contributed by atoms with Crippen LogP contribution in [0.4, 0.5) is 4.39 Å². The van der Waals surface area contributed by atoms with Crippen LogP contribution in [0.5, 0.6) is 0 Å². The van der Waals surface area contributed by atoms with Crippen LogP contribution in [0.3, 0.4) is 0 Å². The molecule has 0 spiro atoms. The minimum atomic E-state index is -0.557. The Labute approximate surface area is 172 Å². The van der Waals surface area contributed by atoms with Crippen molar-refractivity contribution in [3.63, 3.8) is 0 Å². The second kappa shape index (κ2) is 7.66. The molecule has 30 heavy (non-hydrogen) atoms. The highest BCUT2D eigenvalue weighted by Gasteiger charge is 2.42.